The predicted molar refractivity (Wildman–Crippen MR) is 70.1 cm³/mol. The van der Waals surface area contributed by atoms with Gasteiger partial charge in [0.2, 0.25) is 5.88 Å². The minimum Gasteiger partial charge on any atom is -0.439 e. The van der Waals surface area contributed by atoms with Crippen molar-refractivity contribution >= 4 is 0 Å². The molecule has 0 unspecified atom stereocenters. The number of H-pyrrole nitrogens is 1. The van der Waals surface area contributed by atoms with Crippen LogP contribution in [0.3, 0.4) is 0 Å². The molecular formula is C14H16N2O2. The predicted octanol–water partition coefficient (Wildman–Crippen LogP) is 2.82. The first kappa shape index (κ1) is 12.4. The zero-order chi connectivity index (χ0) is 13.0. The van der Waals surface area contributed by atoms with Crippen LogP contribution in [0.2, 0.25) is 0 Å². The molecule has 0 radical (unpaired) electrons. The number of aromatic nitrogens is 2. The maximum Gasteiger partial charge on any atom is 0.254 e. The van der Waals surface area contributed by atoms with E-state index in [4.69, 9.17) is 4.74 Å². The molecule has 0 bridgehead atoms. The van der Waals surface area contributed by atoms with Gasteiger partial charge in [0.05, 0.1) is 6.07 Å². The highest BCUT2D eigenvalue weighted by Crippen LogP contribution is 2.19. The summed E-state index contributed by atoms with van der Waals surface area (Å²) in [5.74, 6) is 1.55. The molecule has 1 N–H and O–H groups in total. The van der Waals surface area contributed by atoms with Crippen molar-refractivity contribution in [2.75, 3.05) is 0 Å². The molecule has 1 aromatic carbocycles. The van der Waals surface area contributed by atoms with E-state index >= 15 is 0 Å². The topological polar surface area (TPSA) is 55.0 Å². The van der Waals surface area contributed by atoms with Crippen LogP contribution in [0.1, 0.15) is 24.7 Å². The summed E-state index contributed by atoms with van der Waals surface area (Å²) in [4.78, 5) is 18.0. The summed E-state index contributed by atoms with van der Waals surface area (Å²) in [7, 11) is 0. The van der Waals surface area contributed by atoms with E-state index in [0.29, 0.717) is 17.5 Å². The molecule has 0 aliphatic carbocycles. The fourth-order valence-electron chi connectivity index (χ4n) is 1.74. The Balaban J connectivity index is 2.15. The number of hydrogen-bond acceptors (Lipinski definition) is 3. The van der Waals surface area contributed by atoms with E-state index in [1.807, 2.05) is 24.3 Å². The number of nitrogens with one attached hydrogen (secondary N) is 1. The molecule has 1 aromatic heterocycles. The second kappa shape index (κ2) is 5.49. The SMILES string of the molecule is CCCc1ccc(Oc2cc(=O)[nH]c(C)n2)cc1. The van der Waals surface area contributed by atoms with Crippen LogP contribution in [-0.2, 0) is 6.42 Å². The van der Waals surface area contributed by atoms with Crippen LogP contribution in [0.15, 0.2) is 35.1 Å². The first-order valence-electron chi connectivity index (χ1n) is 6.02. The van der Waals surface area contributed by atoms with Crippen molar-refractivity contribution in [2.45, 2.75) is 26.7 Å². The van der Waals surface area contributed by atoms with Crippen LogP contribution in [0.5, 0.6) is 11.6 Å². The second-order valence-corrected chi connectivity index (χ2v) is 4.17. The van der Waals surface area contributed by atoms with Crippen LogP contribution in [-0.4, -0.2) is 9.97 Å². The van der Waals surface area contributed by atoms with E-state index in [0.717, 1.165) is 12.8 Å². The van der Waals surface area contributed by atoms with E-state index in [1.165, 1.54) is 11.6 Å². The number of aromatic amines is 1. The van der Waals surface area contributed by atoms with Gasteiger partial charge >= 0.3 is 0 Å². The lowest BCUT2D eigenvalue weighted by Crippen LogP contribution is -2.08. The number of rotatable bonds is 4. The van der Waals surface area contributed by atoms with Crippen molar-refractivity contribution in [3.63, 3.8) is 0 Å². The number of benzene rings is 1. The Morgan fingerprint density at radius 1 is 1.28 bits per heavy atom. The average molecular weight is 244 g/mol. The highest BCUT2D eigenvalue weighted by molar-refractivity contribution is 5.30. The van der Waals surface area contributed by atoms with Crippen molar-refractivity contribution in [1.29, 1.82) is 0 Å². The molecule has 0 amide bonds. The molecule has 0 aliphatic rings. The Morgan fingerprint density at radius 2 is 2.00 bits per heavy atom. The number of ether oxygens (including phenoxy) is 1. The second-order valence-electron chi connectivity index (χ2n) is 4.17. The summed E-state index contributed by atoms with van der Waals surface area (Å²) in [6.07, 6.45) is 2.18. The van der Waals surface area contributed by atoms with Crippen LogP contribution >= 0.6 is 0 Å². The number of hydrogen-bond donors (Lipinski definition) is 1. The number of aryl methyl sites for hydroxylation is 2. The summed E-state index contributed by atoms with van der Waals surface area (Å²) < 4.78 is 5.54. The first-order chi connectivity index (χ1) is 8.67. The van der Waals surface area contributed by atoms with Gasteiger partial charge in [-0.1, -0.05) is 25.5 Å². The fraction of sp³-hybridized carbons (Fsp3) is 0.286. The van der Waals surface area contributed by atoms with Crippen LogP contribution in [0.25, 0.3) is 0 Å². The fourth-order valence-corrected chi connectivity index (χ4v) is 1.74. The van der Waals surface area contributed by atoms with Gasteiger partial charge in [0.25, 0.3) is 5.56 Å². The Bertz CT molecular complexity index is 573. The lowest BCUT2D eigenvalue weighted by atomic mass is 10.1. The van der Waals surface area contributed by atoms with Gasteiger partial charge in [0.1, 0.15) is 11.6 Å². The van der Waals surface area contributed by atoms with Crippen molar-refractivity contribution in [3.05, 3.63) is 52.1 Å². The zero-order valence-corrected chi connectivity index (χ0v) is 10.6. The summed E-state index contributed by atoms with van der Waals surface area (Å²) in [5, 5.41) is 0. The molecule has 18 heavy (non-hydrogen) atoms. The standard InChI is InChI=1S/C14H16N2O2/c1-3-4-11-5-7-12(8-6-11)18-14-9-13(17)15-10(2)16-14/h5-9H,3-4H2,1-2H3,(H,15,16,17). The van der Waals surface area contributed by atoms with E-state index in [9.17, 15) is 4.79 Å². The van der Waals surface area contributed by atoms with E-state index in [2.05, 4.69) is 16.9 Å². The molecule has 0 aliphatic heterocycles. The molecule has 4 nitrogen and oxygen atoms in total. The maximum atomic E-state index is 11.3. The first-order valence-corrected chi connectivity index (χ1v) is 6.02. The van der Waals surface area contributed by atoms with Gasteiger partial charge in [-0.25, -0.2) is 4.98 Å². The molecule has 2 aromatic rings. The third kappa shape index (κ3) is 3.20. The van der Waals surface area contributed by atoms with Crippen molar-refractivity contribution < 1.29 is 4.74 Å². The molecule has 0 saturated heterocycles. The van der Waals surface area contributed by atoms with Gasteiger partial charge < -0.3 is 9.72 Å². The molecule has 1 heterocycles. The summed E-state index contributed by atoms with van der Waals surface area (Å²) in [6, 6.07) is 9.18. The van der Waals surface area contributed by atoms with Gasteiger partial charge in [-0.2, -0.15) is 0 Å². The van der Waals surface area contributed by atoms with E-state index < -0.39 is 0 Å². The summed E-state index contributed by atoms with van der Waals surface area (Å²) >= 11 is 0. The minimum absolute atomic E-state index is 0.208. The van der Waals surface area contributed by atoms with Gasteiger partial charge in [-0.3, -0.25) is 4.79 Å². The smallest absolute Gasteiger partial charge is 0.254 e. The third-order valence-corrected chi connectivity index (χ3v) is 2.52. The Hall–Kier alpha value is -2.10. The quantitative estimate of drug-likeness (QED) is 0.899. The Kier molecular flexibility index (Phi) is 3.77. The number of nitrogens with zero attached hydrogens (tertiary/aromatic N) is 1. The molecule has 0 atom stereocenters. The van der Waals surface area contributed by atoms with Gasteiger partial charge in [0, 0.05) is 0 Å². The molecule has 4 heteroatoms. The largest absolute Gasteiger partial charge is 0.439 e. The molecular weight excluding hydrogens is 228 g/mol. The van der Waals surface area contributed by atoms with Gasteiger partial charge in [-0.05, 0) is 31.0 Å². The monoisotopic (exact) mass is 244 g/mol. The zero-order valence-electron chi connectivity index (χ0n) is 10.6. The van der Waals surface area contributed by atoms with Gasteiger partial charge in [0.15, 0.2) is 0 Å². The van der Waals surface area contributed by atoms with Crippen molar-refractivity contribution in [1.82, 2.24) is 9.97 Å². The van der Waals surface area contributed by atoms with Crippen molar-refractivity contribution in [3.8, 4) is 11.6 Å². The molecule has 0 fully saturated rings. The van der Waals surface area contributed by atoms with E-state index in [-0.39, 0.29) is 5.56 Å². The summed E-state index contributed by atoms with van der Waals surface area (Å²) in [6.45, 7) is 3.87. The Labute approximate surface area is 106 Å². The third-order valence-electron chi connectivity index (χ3n) is 2.52. The molecule has 94 valence electrons. The normalized spacial score (nSPS) is 10.3. The summed E-state index contributed by atoms with van der Waals surface area (Å²) in [5.41, 5.74) is 1.07. The maximum absolute atomic E-state index is 11.3. The van der Waals surface area contributed by atoms with Crippen molar-refractivity contribution in [2.24, 2.45) is 0 Å². The highest BCUT2D eigenvalue weighted by Gasteiger charge is 2.01. The molecule has 2 rings (SSSR count). The van der Waals surface area contributed by atoms with Crippen LogP contribution < -0.4 is 10.3 Å². The van der Waals surface area contributed by atoms with Gasteiger partial charge in [-0.15, -0.1) is 0 Å². The molecule has 0 saturated carbocycles. The minimum atomic E-state index is -0.208. The van der Waals surface area contributed by atoms with Crippen LogP contribution in [0, 0.1) is 6.92 Å². The highest BCUT2D eigenvalue weighted by atomic mass is 16.5. The van der Waals surface area contributed by atoms with Crippen LogP contribution in [0.4, 0.5) is 0 Å². The lowest BCUT2D eigenvalue weighted by Gasteiger charge is -2.05. The Morgan fingerprint density at radius 3 is 2.61 bits per heavy atom. The average Bonchev–Trinajstić information content (AvgIpc) is 2.31. The lowest BCUT2D eigenvalue weighted by molar-refractivity contribution is 0.458. The molecule has 0 spiro atoms. The van der Waals surface area contributed by atoms with E-state index in [1.54, 1.807) is 6.92 Å².